The van der Waals surface area contributed by atoms with E-state index in [0.717, 1.165) is 11.1 Å². The molecular weight excluding hydrogens is 300 g/mol. The summed E-state index contributed by atoms with van der Waals surface area (Å²) in [6.45, 7) is 0.917. The third-order valence-corrected chi connectivity index (χ3v) is 3.61. The Morgan fingerprint density at radius 3 is 2.59 bits per heavy atom. The third kappa shape index (κ3) is 3.40. The molecule has 22 heavy (non-hydrogen) atoms. The Bertz CT molecular complexity index is 756. The highest BCUT2D eigenvalue weighted by atomic mass is 35.5. The number of ether oxygens (including phenoxy) is 1. The van der Waals surface area contributed by atoms with Crippen LogP contribution in [0, 0.1) is 0 Å². The van der Waals surface area contributed by atoms with Gasteiger partial charge in [0, 0.05) is 0 Å². The van der Waals surface area contributed by atoms with Crippen molar-refractivity contribution in [2.24, 2.45) is 0 Å². The minimum atomic E-state index is 0.223. The van der Waals surface area contributed by atoms with Gasteiger partial charge < -0.3 is 9.84 Å². The van der Waals surface area contributed by atoms with Crippen LogP contribution in [0.1, 0.15) is 11.1 Å². The van der Waals surface area contributed by atoms with Gasteiger partial charge in [-0.15, -0.1) is 0 Å². The number of halogens is 1. The highest BCUT2D eigenvalue weighted by molar-refractivity contribution is 6.31. The fraction of sp³-hybridized carbons (Fsp3) is 0.118. The summed E-state index contributed by atoms with van der Waals surface area (Å²) in [5.41, 5.74) is 1.99. The molecular formula is C17H15ClN2O2. The van der Waals surface area contributed by atoms with Crippen molar-refractivity contribution in [1.29, 1.82) is 0 Å². The minimum absolute atomic E-state index is 0.223. The Morgan fingerprint density at radius 1 is 1.05 bits per heavy atom. The molecule has 0 amide bonds. The summed E-state index contributed by atoms with van der Waals surface area (Å²) in [5.74, 6) is 0.770. The molecule has 0 atom stereocenters. The molecule has 0 bridgehead atoms. The van der Waals surface area contributed by atoms with E-state index in [0.29, 0.717) is 24.1 Å². The van der Waals surface area contributed by atoms with Crippen molar-refractivity contribution in [3.63, 3.8) is 0 Å². The summed E-state index contributed by atoms with van der Waals surface area (Å²) in [6, 6.07) is 16.9. The van der Waals surface area contributed by atoms with Crippen LogP contribution in [0.15, 0.2) is 60.8 Å². The van der Waals surface area contributed by atoms with Crippen molar-refractivity contribution in [2.75, 3.05) is 0 Å². The van der Waals surface area contributed by atoms with Crippen molar-refractivity contribution in [1.82, 2.24) is 9.78 Å². The van der Waals surface area contributed by atoms with Crippen molar-refractivity contribution < 1.29 is 9.84 Å². The van der Waals surface area contributed by atoms with E-state index in [1.54, 1.807) is 29.1 Å². The fourth-order valence-corrected chi connectivity index (χ4v) is 2.33. The van der Waals surface area contributed by atoms with Crippen LogP contribution in [-0.2, 0) is 13.2 Å². The zero-order chi connectivity index (χ0) is 15.4. The SMILES string of the molecule is Oc1cccc(Cn2ncc(OCc3ccccc3)c2Cl)c1. The summed E-state index contributed by atoms with van der Waals surface area (Å²) >= 11 is 6.29. The smallest absolute Gasteiger partial charge is 0.176 e. The van der Waals surface area contributed by atoms with Gasteiger partial charge in [-0.1, -0.05) is 54.1 Å². The van der Waals surface area contributed by atoms with Gasteiger partial charge in [0.05, 0.1) is 12.7 Å². The number of hydrogen-bond donors (Lipinski definition) is 1. The van der Waals surface area contributed by atoms with E-state index in [9.17, 15) is 5.11 Å². The predicted molar refractivity (Wildman–Crippen MR) is 85.2 cm³/mol. The lowest BCUT2D eigenvalue weighted by Gasteiger charge is -2.06. The lowest BCUT2D eigenvalue weighted by atomic mass is 10.2. The summed E-state index contributed by atoms with van der Waals surface area (Å²) in [4.78, 5) is 0. The molecule has 0 unspecified atom stereocenters. The predicted octanol–water partition coefficient (Wildman–Crippen LogP) is 3.87. The molecule has 3 rings (SSSR count). The van der Waals surface area contributed by atoms with Crippen LogP contribution in [0.5, 0.6) is 11.5 Å². The highest BCUT2D eigenvalue weighted by Gasteiger charge is 2.10. The van der Waals surface area contributed by atoms with Gasteiger partial charge in [-0.2, -0.15) is 5.10 Å². The largest absolute Gasteiger partial charge is 0.508 e. The normalized spacial score (nSPS) is 10.6. The van der Waals surface area contributed by atoms with E-state index < -0.39 is 0 Å². The Morgan fingerprint density at radius 2 is 1.82 bits per heavy atom. The summed E-state index contributed by atoms with van der Waals surface area (Å²) in [6.07, 6.45) is 1.61. The summed E-state index contributed by atoms with van der Waals surface area (Å²) < 4.78 is 7.34. The first kappa shape index (κ1) is 14.5. The molecule has 4 nitrogen and oxygen atoms in total. The average Bonchev–Trinajstić information content (AvgIpc) is 2.87. The standard InChI is InChI=1S/C17H15ClN2O2/c18-17-16(22-12-13-5-2-1-3-6-13)10-19-20(17)11-14-7-4-8-15(21)9-14/h1-10,21H,11-12H2. The summed E-state index contributed by atoms with van der Waals surface area (Å²) in [7, 11) is 0. The van der Waals surface area contributed by atoms with Gasteiger partial charge in [0.1, 0.15) is 12.4 Å². The van der Waals surface area contributed by atoms with Crippen LogP contribution in [0.25, 0.3) is 0 Å². The number of aromatic hydroxyl groups is 1. The quantitative estimate of drug-likeness (QED) is 0.777. The first-order valence-corrected chi connectivity index (χ1v) is 7.26. The number of rotatable bonds is 5. The Labute approximate surface area is 133 Å². The van der Waals surface area contributed by atoms with Crippen molar-refractivity contribution in [3.8, 4) is 11.5 Å². The maximum atomic E-state index is 9.49. The zero-order valence-electron chi connectivity index (χ0n) is 11.8. The Kier molecular flexibility index (Phi) is 4.30. The molecule has 1 heterocycles. The molecule has 0 aliphatic carbocycles. The lowest BCUT2D eigenvalue weighted by molar-refractivity contribution is 0.306. The second-order valence-electron chi connectivity index (χ2n) is 4.90. The van der Waals surface area contributed by atoms with Gasteiger partial charge in [-0.3, -0.25) is 0 Å². The molecule has 0 spiro atoms. The molecule has 3 aromatic rings. The molecule has 0 saturated heterocycles. The molecule has 0 saturated carbocycles. The van der Waals surface area contributed by atoms with Crippen LogP contribution < -0.4 is 4.74 Å². The number of aromatic nitrogens is 2. The maximum absolute atomic E-state index is 9.49. The number of benzene rings is 2. The Balaban J connectivity index is 1.69. The topological polar surface area (TPSA) is 47.3 Å². The van der Waals surface area contributed by atoms with Crippen molar-refractivity contribution in [3.05, 3.63) is 77.1 Å². The molecule has 0 fully saturated rings. The highest BCUT2D eigenvalue weighted by Crippen LogP contribution is 2.25. The van der Waals surface area contributed by atoms with Gasteiger partial charge in [0.2, 0.25) is 0 Å². The van der Waals surface area contributed by atoms with Crippen molar-refractivity contribution >= 4 is 11.6 Å². The number of phenols is 1. The molecule has 0 aliphatic rings. The first-order valence-electron chi connectivity index (χ1n) is 6.88. The third-order valence-electron chi connectivity index (χ3n) is 3.22. The zero-order valence-corrected chi connectivity index (χ0v) is 12.6. The van der Waals surface area contributed by atoms with E-state index in [-0.39, 0.29) is 5.75 Å². The first-order chi connectivity index (χ1) is 10.7. The second kappa shape index (κ2) is 6.54. The van der Waals surface area contributed by atoms with E-state index in [1.807, 2.05) is 36.4 Å². The van der Waals surface area contributed by atoms with Crippen LogP contribution >= 0.6 is 11.6 Å². The number of hydrogen-bond acceptors (Lipinski definition) is 3. The van der Waals surface area contributed by atoms with Crippen LogP contribution in [-0.4, -0.2) is 14.9 Å². The molecule has 1 aromatic heterocycles. The van der Waals surface area contributed by atoms with Gasteiger partial charge in [0.15, 0.2) is 10.9 Å². The maximum Gasteiger partial charge on any atom is 0.176 e. The monoisotopic (exact) mass is 314 g/mol. The molecule has 0 aliphatic heterocycles. The molecule has 5 heteroatoms. The minimum Gasteiger partial charge on any atom is -0.508 e. The second-order valence-corrected chi connectivity index (χ2v) is 5.26. The fourth-order valence-electron chi connectivity index (χ4n) is 2.12. The lowest BCUT2D eigenvalue weighted by Crippen LogP contribution is -2.02. The Hall–Kier alpha value is -2.46. The van der Waals surface area contributed by atoms with E-state index in [4.69, 9.17) is 16.3 Å². The van der Waals surface area contributed by atoms with Crippen LogP contribution in [0.2, 0.25) is 5.15 Å². The molecule has 1 N–H and O–H groups in total. The van der Waals surface area contributed by atoms with Crippen LogP contribution in [0.4, 0.5) is 0 Å². The summed E-state index contributed by atoms with van der Waals surface area (Å²) in [5, 5.41) is 14.2. The van der Waals surface area contributed by atoms with E-state index in [1.165, 1.54) is 0 Å². The van der Waals surface area contributed by atoms with E-state index in [2.05, 4.69) is 5.10 Å². The van der Waals surface area contributed by atoms with Gasteiger partial charge in [-0.25, -0.2) is 4.68 Å². The van der Waals surface area contributed by atoms with Crippen molar-refractivity contribution in [2.45, 2.75) is 13.2 Å². The molecule has 112 valence electrons. The number of phenolic OH excluding ortho intramolecular Hbond substituents is 1. The van der Waals surface area contributed by atoms with Gasteiger partial charge >= 0.3 is 0 Å². The molecule has 0 radical (unpaired) electrons. The number of nitrogens with zero attached hydrogens (tertiary/aromatic N) is 2. The average molecular weight is 315 g/mol. The molecule has 2 aromatic carbocycles. The van der Waals surface area contributed by atoms with Gasteiger partial charge in [-0.05, 0) is 23.3 Å². The van der Waals surface area contributed by atoms with E-state index >= 15 is 0 Å². The van der Waals surface area contributed by atoms with Crippen LogP contribution in [0.3, 0.4) is 0 Å². The van der Waals surface area contributed by atoms with Gasteiger partial charge in [0.25, 0.3) is 0 Å².